The lowest BCUT2D eigenvalue weighted by atomic mass is 9.84. The average Bonchev–Trinajstić information content (AvgIpc) is 3.06. The van der Waals surface area contributed by atoms with Crippen molar-refractivity contribution in [2.45, 2.75) is 13.8 Å². The molecule has 1 aromatic carbocycles. The third-order valence-electron chi connectivity index (χ3n) is 4.62. The van der Waals surface area contributed by atoms with Gasteiger partial charge in [0.05, 0.1) is 10.2 Å². The molecule has 0 aliphatic carbocycles. The molecule has 4 rings (SSSR count). The fourth-order valence-electron chi connectivity index (χ4n) is 3.69. The normalized spacial score (nSPS) is 18.0. The van der Waals surface area contributed by atoms with Crippen LogP contribution in [0, 0.1) is 13.8 Å². The van der Waals surface area contributed by atoms with Crippen molar-refractivity contribution in [2.24, 2.45) is 0 Å². The molecule has 1 aromatic heterocycles. The number of allylic oxidation sites excluding steroid dienone is 2. The second-order valence-electron chi connectivity index (χ2n) is 6.20. The van der Waals surface area contributed by atoms with Gasteiger partial charge in [0.1, 0.15) is 0 Å². The van der Waals surface area contributed by atoms with Crippen LogP contribution in [0.3, 0.4) is 0 Å². The molecule has 3 heterocycles. The number of nitrogens with zero attached hydrogens (tertiary/aromatic N) is 2. The average molecular weight is 533 g/mol. The molecule has 0 bridgehead atoms. The predicted octanol–water partition coefficient (Wildman–Crippen LogP) is 6.00. The van der Waals surface area contributed by atoms with Gasteiger partial charge >= 0.3 is 6.97 Å². The molecule has 0 radical (unpaired) electrons. The Kier molecular flexibility index (Phi) is 4.01. The maximum atomic E-state index is 15.2. The Bertz CT molecular complexity index is 1010. The molecule has 0 N–H and O–H groups in total. The van der Waals surface area contributed by atoms with E-state index in [0.717, 1.165) is 35.7 Å². The lowest BCUT2D eigenvalue weighted by molar-refractivity contribution is -0.358. The van der Waals surface area contributed by atoms with Crippen LogP contribution < -0.4 is 0 Å². The second kappa shape index (κ2) is 5.76. The van der Waals surface area contributed by atoms with Gasteiger partial charge in [0.2, 0.25) is 4.62 Å². The summed E-state index contributed by atoms with van der Waals surface area (Å²) < 4.78 is 34.4. The minimum atomic E-state index is -3.98. The Hall–Kier alpha value is -0.985. The van der Waals surface area contributed by atoms with Crippen LogP contribution in [-0.2, 0) is 0 Å². The van der Waals surface area contributed by atoms with Crippen molar-refractivity contribution in [3.8, 4) is 0 Å². The summed E-state index contributed by atoms with van der Waals surface area (Å²) in [5.74, 6) is 0. The van der Waals surface area contributed by atoms with Gasteiger partial charge in [0, 0.05) is 38.2 Å². The number of aryl methyl sites for hydroxylation is 2. The highest BCUT2D eigenvalue weighted by Crippen LogP contribution is 2.43. The number of fused-ring (bicyclic) bond motifs is 2. The van der Waals surface area contributed by atoms with Crippen molar-refractivity contribution >= 4 is 65.0 Å². The van der Waals surface area contributed by atoms with Gasteiger partial charge in [-0.15, -0.1) is 0 Å². The number of rotatable bonds is 1. The smallest absolute Gasteiger partial charge is 0.389 e. The van der Waals surface area contributed by atoms with Crippen LogP contribution in [0.25, 0.3) is 5.57 Å². The molecule has 0 spiro atoms. The standard InChI is InChI=1S/C17H12BBr3F2N2/c1-9-7-11(19)8-10(2)16(9)17-12-3-5-14(20)24(12)18(22,23)25-13(17)4-6-15(25)21/h3-8H,1-2H3. The highest BCUT2D eigenvalue weighted by molar-refractivity contribution is 9.18. The molecule has 0 saturated carbocycles. The van der Waals surface area contributed by atoms with Crippen LogP contribution >= 0.6 is 47.8 Å². The van der Waals surface area contributed by atoms with Gasteiger partial charge in [-0.2, -0.15) is 0 Å². The lowest BCUT2D eigenvalue weighted by Gasteiger charge is -2.32. The molecule has 2 aromatic rings. The summed E-state index contributed by atoms with van der Waals surface area (Å²) in [6, 6.07) is 7.45. The van der Waals surface area contributed by atoms with E-state index in [2.05, 4.69) is 47.8 Å². The van der Waals surface area contributed by atoms with Crippen molar-refractivity contribution in [1.29, 1.82) is 0 Å². The van der Waals surface area contributed by atoms with Crippen LogP contribution in [0.4, 0.5) is 8.63 Å². The minimum absolute atomic E-state index is 0.365. The van der Waals surface area contributed by atoms with Crippen molar-refractivity contribution in [3.63, 3.8) is 0 Å². The van der Waals surface area contributed by atoms with Crippen molar-refractivity contribution in [1.82, 2.24) is 4.48 Å². The first-order valence-electron chi connectivity index (χ1n) is 7.64. The number of halogens is 5. The molecule has 0 atom stereocenters. The van der Waals surface area contributed by atoms with Crippen molar-refractivity contribution < 1.29 is 13.1 Å². The van der Waals surface area contributed by atoms with Crippen LogP contribution in [-0.4, -0.2) is 20.6 Å². The Morgan fingerprint density at radius 1 is 1.00 bits per heavy atom. The zero-order chi connectivity index (χ0) is 18.1. The van der Waals surface area contributed by atoms with Gasteiger partial charge in [-0.3, -0.25) is 0 Å². The van der Waals surface area contributed by atoms with Gasteiger partial charge in [0.25, 0.3) is 0 Å². The van der Waals surface area contributed by atoms with E-state index >= 15 is 8.63 Å². The summed E-state index contributed by atoms with van der Waals surface area (Å²) >= 11 is 10.1. The van der Waals surface area contributed by atoms with Gasteiger partial charge in [-0.25, -0.2) is 0 Å². The van der Waals surface area contributed by atoms with E-state index in [0.29, 0.717) is 20.6 Å². The molecule has 0 fully saturated rings. The van der Waals surface area contributed by atoms with Crippen molar-refractivity contribution in [3.05, 3.63) is 73.6 Å². The largest absolute Gasteiger partial charge is 0.738 e. The Morgan fingerprint density at radius 2 is 1.64 bits per heavy atom. The van der Waals surface area contributed by atoms with Crippen LogP contribution in [0.1, 0.15) is 22.4 Å². The summed E-state index contributed by atoms with van der Waals surface area (Å²) in [5.41, 5.74) is 4.89. The Morgan fingerprint density at radius 3 is 2.28 bits per heavy atom. The Labute approximate surface area is 169 Å². The molecule has 2 aliphatic rings. The van der Waals surface area contributed by atoms with Crippen LogP contribution in [0.15, 0.2) is 51.2 Å². The van der Waals surface area contributed by atoms with E-state index in [1.807, 2.05) is 26.0 Å². The molecular weight excluding hydrogens is 521 g/mol. The molecule has 0 saturated heterocycles. The third-order valence-corrected chi connectivity index (χ3v) is 6.37. The molecule has 25 heavy (non-hydrogen) atoms. The maximum Gasteiger partial charge on any atom is 0.738 e. The summed E-state index contributed by atoms with van der Waals surface area (Å²) in [6.45, 7) is 0.0212. The lowest BCUT2D eigenvalue weighted by Crippen LogP contribution is -2.50. The maximum absolute atomic E-state index is 15.2. The zero-order valence-corrected chi connectivity index (χ0v) is 18.1. The first-order valence-corrected chi connectivity index (χ1v) is 10.0. The van der Waals surface area contributed by atoms with E-state index in [4.69, 9.17) is 0 Å². The topological polar surface area (TPSA) is 7.94 Å². The van der Waals surface area contributed by atoms with E-state index in [9.17, 15) is 0 Å². The zero-order valence-electron chi connectivity index (χ0n) is 13.3. The number of aromatic nitrogens is 1. The molecule has 0 unspecified atom stereocenters. The molecule has 0 amide bonds. The predicted molar refractivity (Wildman–Crippen MR) is 108 cm³/mol. The van der Waals surface area contributed by atoms with E-state index in [1.54, 1.807) is 24.3 Å². The van der Waals surface area contributed by atoms with E-state index < -0.39 is 6.97 Å². The van der Waals surface area contributed by atoms with Gasteiger partial charge in [-0.1, -0.05) is 15.9 Å². The van der Waals surface area contributed by atoms with E-state index in [-0.39, 0.29) is 0 Å². The second-order valence-corrected chi connectivity index (χ2v) is 8.74. The minimum Gasteiger partial charge on any atom is -0.389 e. The highest BCUT2D eigenvalue weighted by atomic mass is 79.9. The first-order chi connectivity index (χ1) is 11.7. The first kappa shape index (κ1) is 17.4. The molecular formula is C17H12BBr3F2N2. The molecule has 2 nitrogen and oxygen atoms in total. The van der Waals surface area contributed by atoms with Crippen LogP contribution in [0.5, 0.6) is 0 Å². The highest BCUT2D eigenvalue weighted by Gasteiger charge is 2.54. The number of hydrogen-bond donors (Lipinski definition) is 0. The third kappa shape index (κ3) is 2.40. The molecule has 8 heteroatoms. The quantitative estimate of drug-likeness (QED) is 0.398. The molecule has 2 aliphatic heterocycles. The van der Waals surface area contributed by atoms with Crippen molar-refractivity contribution in [2.75, 3.05) is 0 Å². The van der Waals surface area contributed by atoms with Crippen LogP contribution in [0.2, 0.25) is 0 Å². The van der Waals surface area contributed by atoms with E-state index in [1.165, 1.54) is 0 Å². The summed E-state index contributed by atoms with van der Waals surface area (Å²) in [7, 11) is 0. The molecule has 128 valence electrons. The number of benzene rings is 1. The van der Waals surface area contributed by atoms with Gasteiger partial charge in [-0.05, 0) is 70.7 Å². The van der Waals surface area contributed by atoms with Gasteiger partial charge in [0.15, 0.2) is 5.70 Å². The monoisotopic (exact) mass is 530 g/mol. The SMILES string of the molecule is Cc1cc(Br)cc(C)c1C1=C2C=CC(Br)=[N+]2[B-](F)(F)n2c(Br)ccc21. The fraction of sp³-hybridized carbons (Fsp3) is 0.118. The summed E-state index contributed by atoms with van der Waals surface area (Å²) in [6.07, 6.45) is 3.43. The van der Waals surface area contributed by atoms with Gasteiger partial charge < -0.3 is 17.6 Å². The summed E-state index contributed by atoms with van der Waals surface area (Å²) in [4.78, 5) is 0. The Balaban J connectivity index is 2.16. The summed E-state index contributed by atoms with van der Waals surface area (Å²) in [5, 5.41) is 0. The fourth-order valence-corrected chi connectivity index (χ4v) is 5.52. The number of hydrogen-bond acceptors (Lipinski definition) is 0.